The van der Waals surface area contributed by atoms with Crippen molar-refractivity contribution in [2.24, 2.45) is 0 Å². The quantitative estimate of drug-likeness (QED) is 0.103. The average molecular weight is 859 g/mol. The molecule has 0 spiro atoms. The molecule has 0 fully saturated rings. The molecule has 0 N–H and O–H groups in total. The topological polar surface area (TPSA) is 53.5 Å². The van der Waals surface area contributed by atoms with Crippen molar-refractivity contribution >= 4 is 0 Å². The number of aromatic nitrogens is 6. The number of rotatable bonds is 15. The van der Waals surface area contributed by atoms with Crippen molar-refractivity contribution in [3.8, 4) is 67.5 Å². The Morgan fingerprint density at radius 1 is 0.273 bits per heavy atom. The highest BCUT2D eigenvalue weighted by Crippen LogP contribution is 2.37. The Kier molecular flexibility index (Phi) is 12.2. The van der Waals surface area contributed by atoms with Gasteiger partial charge in [-0.05, 0) is 87.5 Å². The van der Waals surface area contributed by atoms with Gasteiger partial charge in [0.15, 0.2) is 0 Å². The number of benzene rings is 7. The van der Waals surface area contributed by atoms with Crippen LogP contribution in [0.25, 0.3) is 67.5 Å². The van der Waals surface area contributed by atoms with Crippen LogP contribution < -0.4 is 0 Å². The lowest BCUT2D eigenvalue weighted by Crippen LogP contribution is -2.20. The molecule has 0 radical (unpaired) electrons. The van der Waals surface area contributed by atoms with Gasteiger partial charge >= 0.3 is 0 Å². The third-order valence-corrected chi connectivity index (χ3v) is 12.9. The molecule has 0 saturated heterocycles. The largest absolute Gasteiger partial charge is 0.260 e. The molecule has 3 aromatic heterocycles. The van der Waals surface area contributed by atoms with Crippen molar-refractivity contribution in [1.29, 1.82) is 0 Å². The van der Waals surface area contributed by atoms with E-state index in [9.17, 15) is 0 Å². The van der Waals surface area contributed by atoms with Gasteiger partial charge in [-0.1, -0.05) is 203 Å². The highest BCUT2D eigenvalue weighted by atomic mass is 15.3. The second-order valence-corrected chi connectivity index (χ2v) is 16.8. The van der Waals surface area contributed by atoms with Crippen molar-refractivity contribution < 1.29 is 0 Å². The van der Waals surface area contributed by atoms with Crippen LogP contribution in [0.5, 0.6) is 0 Å². The molecular formula is C60H54N6. The van der Waals surface area contributed by atoms with E-state index in [0.29, 0.717) is 19.6 Å². The zero-order valence-corrected chi connectivity index (χ0v) is 38.0. The lowest BCUT2D eigenvalue weighted by Gasteiger charge is -2.27. The van der Waals surface area contributed by atoms with Gasteiger partial charge in [-0.25, -0.2) is 0 Å². The molecule has 10 rings (SSSR count). The molecule has 0 aliphatic heterocycles. The summed E-state index contributed by atoms with van der Waals surface area (Å²) in [6.45, 7) is 8.82. The van der Waals surface area contributed by atoms with Gasteiger partial charge in [-0.3, -0.25) is 14.0 Å². The lowest BCUT2D eigenvalue weighted by molar-refractivity contribution is 0.645. The van der Waals surface area contributed by atoms with Crippen molar-refractivity contribution in [3.63, 3.8) is 0 Å². The van der Waals surface area contributed by atoms with Gasteiger partial charge in [-0.2, -0.15) is 15.3 Å². The van der Waals surface area contributed by atoms with Crippen LogP contribution in [0.2, 0.25) is 0 Å². The zero-order chi connectivity index (χ0) is 44.8. The van der Waals surface area contributed by atoms with E-state index in [-0.39, 0.29) is 0 Å². The first-order valence-electron chi connectivity index (χ1n) is 23.3. The van der Waals surface area contributed by atoms with Crippen molar-refractivity contribution in [2.75, 3.05) is 0 Å². The molecule has 6 nitrogen and oxygen atoms in total. The van der Waals surface area contributed by atoms with E-state index in [1.54, 1.807) is 0 Å². The summed E-state index contributed by atoms with van der Waals surface area (Å²) in [5.41, 5.74) is 21.0. The van der Waals surface area contributed by atoms with Gasteiger partial charge in [0.05, 0.1) is 53.8 Å². The molecule has 3 heterocycles. The van der Waals surface area contributed by atoms with Crippen LogP contribution in [-0.2, 0) is 38.9 Å². The van der Waals surface area contributed by atoms with Crippen LogP contribution in [0.3, 0.4) is 0 Å². The maximum atomic E-state index is 5.44. The van der Waals surface area contributed by atoms with Crippen LogP contribution in [-0.4, -0.2) is 29.3 Å². The maximum absolute atomic E-state index is 5.44. The standard InChI is InChI=1S/C60H54N6/c1-4-49-52(40-64-58(46-31-19-10-20-32-46)37-55(61-64)43-25-13-7-14-26-43)50(5-2)54(42-66-60(48-35-23-12-24-36-48)39-57(63-66)45-29-17-9-18-30-45)51(6-3)53(49)41-65-59(47-33-21-11-22-34-47)38-56(62-65)44-27-15-8-16-28-44/h7-39H,4-6,40-42H2,1-3H3. The first kappa shape index (κ1) is 42.1. The molecule has 0 amide bonds. The van der Waals surface area contributed by atoms with Crippen LogP contribution in [0.15, 0.2) is 200 Å². The molecule has 0 saturated carbocycles. The summed E-state index contributed by atoms with van der Waals surface area (Å²) in [4.78, 5) is 0. The summed E-state index contributed by atoms with van der Waals surface area (Å²) < 4.78 is 6.74. The molecule has 0 aliphatic rings. The molecule has 324 valence electrons. The SMILES string of the molecule is CCc1c(Cn2nc(-c3ccccc3)cc2-c2ccccc2)c(CC)c(Cn2nc(-c3ccccc3)cc2-c2ccccc2)c(CC)c1Cn1nc(-c2ccccc2)cc1-c1ccccc1. The third kappa shape index (κ3) is 8.46. The fourth-order valence-electron chi connectivity index (χ4n) is 9.78. The Morgan fingerprint density at radius 2 is 0.485 bits per heavy atom. The molecule has 7 aromatic carbocycles. The van der Waals surface area contributed by atoms with Crippen molar-refractivity contribution in [3.05, 3.63) is 234 Å². The van der Waals surface area contributed by atoms with E-state index in [2.05, 4.69) is 235 Å². The van der Waals surface area contributed by atoms with Crippen molar-refractivity contribution in [2.45, 2.75) is 59.7 Å². The van der Waals surface area contributed by atoms with Crippen LogP contribution in [0.1, 0.15) is 54.2 Å². The summed E-state index contributed by atoms with van der Waals surface area (Å²) in [6, 6.07) is 70.5. The van der Waals surface area contributed by atoms with Gasteiger partial charge in [0.2, 0.25) is 0 Å². The van der Waals surface area contributed by atoms with E-state index in [1.807, 2.05) is 0 Å². The minimum Gasteiger partial charge on any atom is -0.260 e. The second-order valence-electron chi connectivity index (χ2n) is 16.8. The first-order chi connectivity index (χ1) is 32.6. The normalized spacial score (nSPS) is 11.3. The number of hydrogen-bond donors (Lipinski definition) is 0. The smallest absolute Gasteiger partial charge is 0.0929 e. The molecule has 0 atom stereocenters. The van der Waals surface area contributed by atoms with Gasteiger partial charge in [0, 0.05) is 16.7 Å². The van der Waals surface area contributed by atoms with Gasteiger partial charge < -0.3 is 0 Å². The summed E-state index contributed by atoms with van der Waals surface area (Å²) in [5, 5.41) is 16.3. The molecule has 0 aliphatic carbocycles. The lowest BCUT2D eigenvalue weighted by atomic mass is 9.83. The fourth-order valence-corrected chi connectivity index (χ4v) is 9.78. The summed E-state index contributed by atoms with van der Waals surface area (Å²) >= 11 is 0. The predicted molar refractivity (Wildman–Crippen MR) is 271 cm³/mol. The predicted octanol–water partition coefficient (Wildman–Crippen LogP) is 14.1. The van der Waals surface area contributed by atoms with E-state index in [4.69, 9.17) is 15.3 Å². The maximum Gasteiger partial charge on any atom is 0.0929 e. The van der Waals surface area contributed by atoms with Crippen molar-refractivity contribution in [1.82, 2.24) is 29.3 Å². The first-order valence-corrected chi connectivity index (χ1v) is 23.3. The molecule has 10 aromatic rings. The Labute approximate surface area is 388 Å². The average Bonchev–Trinajstić information content (AvgIpc) is 4.14. The minimum absolute atomic E-state index is 0.618. The van der Waals surface area contributed by atoms with Gasteiger partial charge in [-0.15, -0.1) is 0 Å². The monoisotopic (exact) mass is 858 g/mol. The van der Waals surface area contributed by atoms with E-state index >= 15 is 0 Å². The molecule has 6 heteroatoms. The molecular weight excluding hydrogens is 805 g/mol. The van der Waals surface area contributed by atoms with Crippen LogP contribution >= 0.6 is 0 Å². The summed E-state index contributed by atoms with van der Waals surface area (Å²) in [6.07, 6.45) is 2.59. The Hall–Kier alpha value is -7.83. The van der Waals surface area contributed by atoms with E-state index < -0.39 is 0 Å². The fraction of sp³-hybridized carbons (Fsp3) is 0.150. The van der Waals surface area contributed by atoms with E-state index in [0.717, 1.165) is 86.8 Å². The van der Waals surface area contributed by atoms with Crippen LogP contribution in [0.4, 0.5) is 0 Å². The summed E-state index contributed by atoms with van der Waals surface area (Å²) in [7, 11) is 0. The second kappa shape index (κ2) is 19.1. The number of hydrogen-bond acceptors (Lipinski definition) is 3. The molecule has 66 heavy (non-hydrogen) atoms. The molecule has 0 unspecified atom stereocenters. The third-order valence-electron chi connectivity index (χ3n) is 12.9. The number of nitrogens with zero attached hydrogens (tertiary/aromatic N) is 6. The van der Waals surface area contributed by atoms with Gasteiger partial charge in [0.1, 0.15) is 0 Å². The van der Waals surface area contributed by atoms with Gasteiger partial charge in [0.25, 0.3) is 0 Å². The highest BCUT2D eigenvalue weighted by Gasteiger charge is 2.26. The minimum atomic E-state index is 0.618. The molecule has 0 bridgehead atoms. The van der Waals surface area contributed by atoms with Crippen LogP contribution in [0, 0.1) is 0 Å². The Morgan fingerprint density at radius 3 is 0.697 bits per heavy atom. The highest BCUT2D eigenvalue weighted by molar-refractivity contribution is 5.72. The Bertz CT molecular complexity index is 2820. The zero-order valence-electron chi connectivity index (χ0n) is 38.0. The Balaban J connectivity index is 1.21. The summed E-state index contributed by atoms with van der Waals surface area (Å²) in [5.74, 6) is 0. The van der Waals surface area contributed by atoms with E-state index in [1.165, 1.54) is 33.4 Å².